The quantitative estimate of drug-likeness (QED) is 0.740. The summed E-state index contributed by atoms with van der Waals surface area (Å²) >= 11 is 0. The summed E-state index contributed by atoms with van der Waals surface area (Å²) in [4.78, 5) is 37.9. The van der Waals surface area contributed by atoms with Crippen molar-refractivity contribution in [3.63, 3.8) is 0 Å². The summed E-state index contributed by atoms with van der Waals surface area (Å²) in [5, 5.41) is 2.70. The van der Waals surface area contributed by atoms with E-state index in [-0.39, 0.29) is 44.7 Å². The van der Waals surface area contributed by atoms with Gasteiger partial charge in [0.15, 0.2) is 0 Å². The molecule has 3 aliphatic rings. The second-order valence-electron chi connectivity index (χ2n) is 6.85. The number of nitrogens with zero attached hydrogens (tertiary/aromatic N) is 1. The fraction of sp³-hybridized carbons (Fsp3) is 0.812. The molecule has 1 N–H and O–H groups in total. The van der Waals surface area contributed by atoms with Crippen LogP contribution in [0.3, 0.4) is 0 Å². The Morgan fingerprint density at radius 1 is 1.38 bits per heavy atom. The molecule has 24 heavy (non-hydrogen) atoms. The summed E-state index contributed by atoms with van der Waals surface area (Å²) in [7, 11) is 0. The smallest absolute Gasteiger partial charge is 0.346 e. The van der Waals surface area contributed by atoms with Crippen molar-refractivity contribution in [1.82, 2.24) is 10.2 Å². The van der Waals surface area contributed by atoms with Crippen LogP contribution in [0.1, 0.15) is 32.6 Å². The van der Waals surface area contributed by atoms with Crippen molar-refractivity contribution in [1.29, 1.82) is 0 Å². The van der Waals surface area contributed by atoms with Crippen molar-refractivity contribution in [2.24, 2.45) is 5.41 Å². The molecule has 0 aromatic carbocycles. The van der Waals surface area contributed by atoms with Gasteiger partial charge in [-0.15, -0.1) is 0 Å². The molecule has 1 spiro atoms. The van der Waals surface area contributed by atoms with Gasteiger partial charge >= 0.3 is 5.97 Å². The number of nitrogens with one attached hydrogen (secondary N) is 1. The molecular weight excluding hydrogens is 319 g/mol. The summed E-state index contributed by atoms with van der Waals surface area (Å²) in [6.07, 6.45) is 2.43. The van der Waals surface area contributed by atoms with Gasteiger partial charge in [0.05, 0.1) is 31.8 Å². The third-order valence-electron chi connectivity index (χ3n) is 5.19. The number of rotatable bonds is 3. The highest BCUT2D eigenvalue weighted by molar-refractivity contribution is 5.90. The first-order valence-electron chi connectivity index (χ1n) is 8.44. The Hall–Kier alpha value is -1.70. The third-order valence-corrected chi connectivity index (χ3v) is 5.19. The third kappa shape index (κ3) is 2.66. The molecule has 3 aliphatic heterocycles. The van der Waals surface area contributed by atoms with Gasteiger partial charge in [-0.05, 0) is 19.8 Å². The molecule has 2 amide bonds. The minimum atomic E-state index is -2.26. The molecule has 0 unspecified atom stereocenters. The van der Waals surface area contributed by atoms with Crippen molar-refractivity contribution in [2.45, 2.75) is 44.3 Å². The Bertz CT molecular complexity index is 551. The molecule has 7 nitrogen and oxygen atoms in total. The summed E-state index contributed by atoms with van der Waals surface area (Å²) in [5.74, 6) is -1.43. The summed E-state index contributed by atoms with van der Waals surface area (Å²) < 4.78 is 25.5. The van der Waals surface area contributed by atoms with Crippen LogP contribution < -0.4 is 5.32 Å². The highest BCUT2D eigenvalue weighted by Crippen LogP contribution is 2.48. The SMILES string of the molecule is CCOC(=O)[C@@]1(F)CN(C(=O)[C@H]2CCCCC(=O)N2)CC12COC2. The van der Waals surface area contributed by atoms with E-state index in [1.807, 2.05) is 0 Å². The second-order valence-corrected chi connectivity index (χ2v) is 6.85. The number of likely N-dealkylation sites (tertiary alicyclic amines) is 1. The maximum absolute atomic E-state index is 15.5. The molecule has 134 valence electrons. The van der Waals surface area contributed by atoms with Gasteiger partial charge in [-0.3, -0.25) is 9.59 Å². The van der Waals surface area contributed by atoms with Crippen LogP contribution in [0.2, 0.25) is 0 Å². The van der Waals surface area contributed by atoms with Gasteiger partial charge in [0.25, 0.3) is 0 Å². The lowest BCUT2D eigenvalue weighted by atomic mass is 9.74. The van der Waals surface area contributed by atoms with Crippen molar-refractivity contribution in [3.05, 3.63) is 0 Å². The monoisotopic (exact) mass is 342 g/mol. The number of esters is 1. The Balaban J connectivity index is 1.77. The van der Waals surface area contributed by atoms with Crippen LogP contribution in [0.4, 0.5) is 4.39 Å². The molecule has 0 radical (unpaired) electrons. The molecule has 3 saturated heterocycles. The Morgan fingerprint density at radius 2 is 2.12 bits per heavy atom. The normalized spacial score (nSPS) is 32.0. The van der Waals surface area contributed by atoms with E-state index in [1.165, 1.54) is 4.90 Å². The first kappa shape index (κ1) is 17.1. The van der Waals surface area contributed by atoms with Gasteiger partial charge in [0, 0.05) is 13.0 Å². The lowest BCUT2D eigenvalue weighted by molar-refractivity contribution is -0.196. The molecular formula is C16H23FN2O5. The number of carbonyl (C=O) groups is 3. The van der Waals surface area contributed by atoms with Crippen LogP contribution in [0.25, 0.3) is 0 Å². The van der Waals surface area contributed by atoms with Crippen LogP contribution in [0.5, 0.6) is 0 Å². The van der Waals surface area contributed by atoms with Crippen molar-refractivity contribution in [2.75, 3.05) is 32.9 Å². The highest BCUT2D eigenvalue weighted by Gasteiger charge is 2.69. The van der Waals surface area contributed by atoms with Crippen LogP contribution in [-0.2, 0) is 23.9 Å². The molecule has 0 aromatic heterocycles. The van der Waals surface area contributed by atoms with E-state index in [9.17, 15) is 14.4 Å². The average molecular weight is 342 g/mol. The first-order valence-corrected chi connectivity index (χ1v) is 8.44. The number of halogens is 1. The van der Waals surface area contributed by atoms with E-state index in [1.54, 1.807) is 6.92 Å². The van der Waals surface area contributed by atoms with Gasteiger partial charge in [0.1, 0.15) is 6.04 Å². The minimum Gasteiger partial charge on any atom is -0.464 e. The first-order chi connectivity index (χ1) is 11.4. The number of ether oxygens (including phenoxy) is 2. The van der Waals surface area contributed by atoms with E-state index in [2.05, 4.69) is 5.32 Å². The zero-order chi connectivity index (χ0) is 17.4. The maximum atomic E-state index is 15.5. The van der Waals surface area contributed by atoms with Gasteiger partial charge in [0.2, 0.25) is 17.5 Å². The van der Waals surface area contributed by atoms with Gasteiger partial charge in [-0.2, -0.15) is 0 Å². The van der Waals surface area contributed by atoms with E-state index in [4.69, 9.17) is 9.47 Å². The maximum Gasteiger partial charge on any atom is 0.346 e. The lowest BCUT2D eigenvalue weighted by Gasteiger charge is -2.43. The summed E-state index contributed by atoms with van der Waals surface area (Å²) in [6.45, 7) is 1.62. The van der Waals surface area contributed by atoms with Crippen molar-refractivity contribution >= 4 is 17.8 Å². The molecule has 0 aliphatic carbocycles. The minimum absolute atomic E-state index is 0.0774. The van der Waals surface area contributed by atoms with Gasteiger partial charge < -0.3 is 19.7 Å². The topological polar surface area (TPSA) is 84.9 Å². The number of alkyl halides is 1. The Kier molecular flexibility index (Phi) is 4.50. The fourth-order valence-electron chi connectivity index (χ4n) is 3.71. The highest BCUT2D eigenvalue weighted by atomic mass is 19.1. The van der Waals surface area contributed by atoms with Crippen LogP contribution in [0.15, 0.2) is 0 Å². The molecule has 3 fully saturated rings. The Labute approximate surface area is 139 Å². The van der Waals surface area contributed by atoms with Crippen molar-refractivity contribution < 1.29 is 28.2 Å². The predicted molar refractivity (Wildman–Crippen MR) is 80.7 cm³/mol. The summed E-state index contributed by atoms with van der Waals surface area (Å²) in [6, 6.07) is -0.650. The van der Waals surface area contributed by atoms with Crippen LogP contribution in [0, 0.1) is 5.41 Å². The zero-order valence-corrected chi connectivity index (χ0v) is 13.8. The largest absolute Gasteiger partial charge is 0.464 e. The van der Waals surface area contributed by atoms with E-state index >= 15 is 4.39 Å². The summed E-state index contributed by atoms with van der Waals surface area (Å²) in [5.41, 5.74) is -3.30. The molecule has 0 saturated carbocycles. The second kappa shape index (κ2) is 6.31. The van der Waals surface area contributed by atoms with Gasteiger partial charge in [-0.1, -0.05) is 6.42 Å². The fourth-order valence-corrected chi connectivity index (χ4v) is 3.71. The number of hydrogen-bond acceptors (Lipinski definition) is 5. The van der Waals surface area contributed by atoms with E-state index in [0.29, 0.717) is 12.8 Å². The molecule has 0 aromatic rings. The predicted octanol–water partition coefficient (Wildman–Crippen LogP) is 0.175. The number of amides is 2. The van der Waals surface area contributed by atoms with Crippen molar-refractivity contribution in [3.8, 4) is 0 Å². The zero-order valence-electron chi connectivity index (χ0n) is 13.8. The average Bonchev–Trinajstić information content (AvgIpc) is 2.69. The number of carbonyl (C=O) groups excluding carboxylic acids is 3. The molecule has 3 rings (SSSR count). The standard InChI is InChI=1S/C16H23FN2O5/c1-2-24-14(22)16(17)8-19(7-15(16)9-23-10-15)13(21)11-5-3-4-6-12(20)18-11/h11H,2-10H2,1H3,(H,18,20)/t11-,16+/m1/s1. The van der Waals surface area contributed by atoms with Crippen LogP contribution in [-0.4, -0.2) is 67.3 Å². The van der Waals surface area contributed by atoms with Gasteiger partial charge in [-0.25, -0.2) is 9.18 Å². The van der Waals surface area contributed by atoms with E-state index < -0.39 is 23.1 Å². The number of hydrogen-bond donors (Lipinski definition) is 1. The Morgan fingerprint density at radius 3 is 2.75 bits per heavy atom. The molecule has 8 heteroatoms. The molecule has 3 heterocycles. The van der Waals surface area contributed by atoms with Crippen LogP contribution >= 0.6 is 0 Å². The molecule has 0 bridgehead atoms. The molecule has 2 atom stereocenters. The lowest BCUT2D eigenvalue weighted by Crippen LogP contribution is -2.61. The van der Waals surface area contributed by atoms with E-state index in [0.717, 1.165) is 12.8 Å².